The van der Waals surface area contributed by atoms with Crippen molar-refractivity contribution in [3.63, 3.8) is 0 Å². The smallest absolute Gasteiger partial charge is 0.271 e. The molecule has 0 spiro atoms. The minimum Gasteiger partial charge on any atom is -0.321 e. The van der Waals surface area contributed by atoms with Crippen molar-refractivity contribution in [1.29, 1.82) is 5.26 Å². The van der Waals surface area contributed by atoms with E-state index in [2.05, 4.69) is 5.32 Å². The number of nitriles is 1. The molecule has 0 aliphatic rings. The molecule has 4 aromatic rings. The van der Waals surface area contributed by atoms with Gasteiger partial charge in [0.1, 0.15) is 17.5 Å². The lowest BCUT2D eigenvalue weighted by Gasteiger charge is -2.12. The van der Waals surface area contributed by atoms with Crippen LogP contribution in [0.15, 0.2) is 90.5 Å². The van der Waals surface area contributed by atoms with E-state index < -0.39 is 10.8 Å². The quantitative estimate of drug-likeness (QED) is 0.168. The van der Waals surface area contributed by atoms with E-state index in [-0.39, 0.29) is 22.8 Å². The Morgan fingerprint density at radius 1 is 1.03 bits per heavy atom. The second-order valence-electron chi connectivity index (χ2n) is 7.60. The van der Waals surface area contributed by atoms with Crippen LogP contribution in [0.4, 0.5) is 15.8 Å². The van der Waals surface area contributed by atoms with Crippen LogP contribution in [-0.2, 0) is 11.2 Å². The number of benzene rings is 4. The first kappa shape index (κ1) is 22.4. The number of carbonyl (C=O) groups is 1. The summed E-state index contributed by atoms with van der Waals surface area (Å²) in [5.74, 6) is -1.03. The fourth-order valence-electron chi connectivity index (χ4n) is 3.72. The summed E-state index contributed by atoms with van der Waals surface area (Å²) in [5.41, 5.74) is 2.12. The van der Waals surface area contributed by atoms with Crippen molar-refractivity contribution in [2.75, 3.05) is 5.32 Å². The van der Waals surface area contributed by atoms with Crippen molar-refractivity contribution in [1.82, 2.24) is 0 Å². The van der Waals surface area contributed by atoms with Gasteiger partial charge in [-0.3, -0.25) is 14.9 Å². The molecule has 6 nitrogen and oxygen atoms in total. The van der Waals surface area contributed by atoms with Gasteiger partial charge in [0.05, 0.1) is 4.92 Å². The molecular formula is C27H18FN3O3. The van der Waals surface area contributed by atoms with E-state index in [1.54, 1.807) is 6.07 Å². The van der Waals surface area contributed by atoms with E-state index >= 15 is 0 Å². The second-order valence-corrected chi connectivity index (χ2v) is 7.60. The van der Waals surface area contributed by atoms with Gasteiger partial charge in [0.25, 0.3) is 11.6 Å². The molecule has 0 bridgehead atoms. The van der Waals surface area contributed by atoms with Gasteiger partial charge in [0.15, 0.2) is 0 Å². The number of amides is 1. The number of nitrogens with one attached hydrogen (secondary N) is 1. The summed E-state index contributed by atoms with van der Waals surface area (Å²) in [5, 5.41) is 25.1. The molecule has 4 rings (SSSR count). The maximum Gasteiger partial charge on any atom is 0.271 e. The molecule has 166 valence electrons. The van der Waals surface area contributed by atoms with E-state index in [0.717, 1.165) is 21.9 Å². The third-order valence-electron chi connectivity index (χ3n) is 5.31. The second kappa shape index (κ2) is 9.76. The molecule has 0 aliphatic heterocycles. The van der Waals surface area contributed by atoms with Gasteiger partial charge < -0.3 is 5.32 Å². The molecule has 0 aromatic heterocycles. The van der Waals surface area contributed by atoms with Gasteiger partial charge >= 0.3 is 0 Å². The van der Waals surface area contributed by atoms with E-state index in [9.17, 15) is 24.6 Å². The standard InChI is InChI=1S/C27H18FN3O3/c28-22-7-3-5-18(14-22)13-20-12-11-19-6-1-2-10-25(19)26(20)15-21(17-29)27(32)30-23-8-4-9-24(16-23)31(33)34/h1-12,14-16H,13H2,(H,30,32)/b21-15+. The van der Waals surface area contributed by atoms with Gasteiger partial charge in [-0.05, 0) is 58.2 Å². The Kier molecular flexibility index (Phi) is 6.42. The zero-order valence-corrected chi connectivity index (χ0v) is 17.9. The lowest BCUT2D eigenvalue weighted by Crippen LogP contribution is -2.13. The Morgan fingerprint density at radius 3 is 2.59 bits per heavy atom. The van der Waals surface area contributed by atoms with Crippen LogP contribution in [0.2, 0.25) is 0 Å². The molecule has 1 N–H and O–H groups in total. The minimum atomic E-state index is -0.687. The van der Waals surface area contributed by atoms with Crippen LogP contribution in [0, 0.1) is 27.3 Å². The summed E-state index contributed by atoms with van der Waals surface area (Å²) in [6.45, 7) is 0. The highest BCUT2D eigenvalue weighted by molar-refractivity contribution is 6.11. The van der Waals surface area contributed by atoms with Crippen molar-refractivity contribution in [2.45, 2.75) is 6.42 Å². The largest absolute Gasteiger partial charge is 0.321 e. The number of nitro benzene ring substituents is 1. The van der Waals surface area contributed by atoms with Crippen LogP contribution in [0.1, 0.15) is 16.7 Å². The van der Waals surface area contributed by atoms with Gasteiger partial charge in [-0.1, -0.05) is 54.6 Å². The fourth-order valence-corrected chi connectivity index (χ4v) is 3.72. The number of nitrogens with zero attached hydrogens (tertiary/aromatic N) is 2. The molecule has 7 heteroatoms. The predicted molar refractivity (Wildman–Crippen MR) is 128 cm³/mol. The number of halogens is 1. The van der Waals surface area contributed by atoms with E-state index in [4.69, 9.17) is 0 Å². The maximum atomic E-state index is 13.7. The number of fused-ring (bicyclic) bond motifs is 1. The van der Waals surface area contributed by atoms with Gasteiger partial charge in [-0.15, -0.1) is 0 Å². The minimum absolute atomic E-state index is 0.164. The molecular weight excluding hydrogens is 433 g/mol. The summed E-state index contributed by atoms with van der Waals surface area (Å²) < 4.78 is 13.7. The Bertz CT molecular complexity index is 1490. The van der Waals surface area contributed by atoms with E-state index in [0.29, 0.717) is 12.0 Å². The monoisotopic (exact) mass is 451 g/mol. The molecule has 0 aliphatic carbocycles. The molecule has 4 aromatic carbocycles. The molecule has 0 fully saturated rings. The normalized spacial score (nSPS) is 11.1. The molecule has 34 heavy (non-hydrogen) atoms. The van der Waals surface area contributed by atoms with Crippen LogP contribution in [0.3, 0.4) is 0 Å². The first-order valence-corrected chi connectivity index (χ1v) is 10.4. The third-order valence-corrected chi connectivity index (χ3v) is 5.31. The highest BCUT2D eigenvalue weighted by Crippen LogP contribution is 2.27. The van der Waals surface area contributed by atoms with E-state index in [1.807, 2.05) is 48.5 Å². The summed E-state index contributed by atoms with van der Waals surface area (Å²) in [7, 11) is 0. The SMILES string of the molecule is N#C/C(=C\c1c(Cc2cccc(F)c2)ccc2ccccc12)C(=O)Nc1cccc([N+](=O)[O-])c1. The zero-order valence-electron chi connectivity index (χ0n) is 17.9. The van der Waals surface area contributed by atoms with Gasteiger partial charge in [-0.2, -0.15) is 5.26 Å². The summed E-state index contributed by atoms with van der Waals surface area (Å²) in [6.07, 6.45) is 1.91. The summed E-state index contributed by atoms with van der Waals surface area (Å²) in [4.78, 5) is 23.3. The fraction of sp³-hybridized carbons (Fsp3) is 0.0370. The molecule has 0 saturated heterocycles. The van der Waals surface area contributed by atoms with Crippen LogP contribution in [0.25, 0.3) is 16.8 Å². The van der Waals surface area contributed by atoms with Crippen molar-refractivity contribution in [3.8, 4) is 6.07 Å². The molecule has 0 saturated carbocycles. The van der Waals surface area contributed by atoms with Gasteiger partial charge in [0.2, 0.25) is 0 Å². The lowest BCUT2D eigenvalue weighted by molar-refractivity contribution is -0.384. The molecule has 0 unspecified atom stereocenters. The first-order valence-electron chi connectivity index (χ1n) is 10.4. The van der Waals surface area contributed by atoms with Crippen LogP contribution < -0.4 is 5.32 Å². The van der Waals surface area contributed by atoms with Crippen molar-refractivity contribution in [3.05, 3.63) is 123 Å². The van der Waals surface area contributed by atoms with Crippen LogP contribution in [0.5, 0.6) is 0 Å². The number of nitro groups is 1. The van der Waals surface area contributed by atoms with E-state index in [1.165, 1.54) is 42.5 Å². The predicted octanol–water partition coefficient (Wildman–Crippen LogP) is 6.02. The number of carbonyl (C=O) groups excluding carboxylic acids is 1. The average Bonchev–Trinajstić information content (AvgIpc) is 2.83. The summed E-state index contributed by atoms with van der Waals surface area (Å²) in [6, 6.07) is 25.1. The summed E-state index contributed by atoms with van der Waals surface area (Å²) >= 11 is 0. The van der Waals surface area contributed by atoms with Crippen molar-refractivity contribution < 1.29 is 14.1 Å². The molecule has 0 atom stereocenters. The number of hydrogen-bond acceptors (Lipinski definition) is 4. The van der Waals surface area contributed by atoms with Gasteiger partial charge in [-0.25, -0.2) is 4.39 Å². The Labute approximate surface area is 194 Å². The van der Waals surface area contributed by atoms with Crippen LogP contribution in [-0.4, -0.2) is 10.8 Å². The number of hydrogen-bond donors (Lipinski definition) is 1. The number of anilines is 1. The van der Waals surface area contributed by atoms with Crippen molar-refractivity contribution in [2.24, 2.45) is 0 Å². The first-order chi connectivity index (χ1) is 16.4. The zero-order chi connectivity index (χ0) is 24.1. The number of rotatable bonds is 6. The third kappa shape index (κ3) is 4.97. The molecule has 1 amide bonds. The highest BCUT2D eigenvalue weighted by atomic mass is 19.1. The Morgan fingerprint density at radius 2 is 1.82 bits per heavy atom. The average molecular weight is 451 g/mol. The number of non-ortho nitro benzene ring substituents is 1. The van der Waals surface area contributed by atoms with Gasteiger partial charge in [0, 0.05) is 17.8 Å². The maximum absolute atomic E-state index is 13.7. The lowest BCUT2D eigenvalue weighted by atomic mass is 9.93. The topological polar surface area (TPSA) is 96.0 Å². The molecule has 0 radical (unpaired) electrons. The van der Waals surface area contributed by atoms with Crippen LogP contribution >= 0.6 is 0 Å². The Hall–Kier alpha value is -4.83. The Balaban J connectivity index is 1.75. The highest BCUT2D eigenvalue weighted by Gasteiger charge is 2.15. The molecule has 0 heterocycles. The van der Waals surface area contributed by atoms with Crippen molar-refractivity contribution >= 4 is 34.1 Å².